The van der Waals surface area contributed by atoms with Gasteiger partial charge in [-0.25, -0.2) is 0 Å². The molecule has 0 radical (unpaired) electrons. The Kier molecular flexibility index (Phi) is 8.52. The van der Waals surface area contributed by atoms with Gasteiger partial charge in [0.2, 0.25) is 17.7 Å². The number of likely N-dealkylation sites (tertiary alicyclic amines) is 1. The Bertz CT molecular complexity index is 1080. The number of hydrogen-bond donors (Lipinski definition) is 3. The number of ether oxygens (including phenoxy) is 2. The van der Waals surface area contributed by atoms with Gasteiger partial charge in [-0.05, 0) is 37.7 Å². The molecule has 220 valence electrons. The van der Waals surface area contributed by atoms with Gasteiger partial charge in [0, 0.05) is 32.7 Å². The highest BCUT2D eigenvalue weighted by Gasteiger charge is 2.80. The highest BCUT2D eigenvalue weighted by molar-refractivity contribution is 5.99. The number of benzene rings is 1. The van der Waals surface area contributed by atoms with Crippen molar-refractivity contribution in [3.8, 4) is 0 Å². The number of nitrogens with zero attached hydrogens (tertiary/aromatic N) is 2. The summed E-state index contributed by atoms with van der Waals surface area (Å²) in [5, 5.41) is 16.6. The van der Waals surface area contributed by atoms with Gasteiger partial charge in [0.1, 0.15) is 11.6 Å². The third-order valence-electron chi connectivity index (χ3n) is 9.58. The largest absolute Gasteiger partial charge is 0.394 e. The van der Waals surface area contributed by atoms with E-state index < -0.39 is 35.1 Å². The molecule has 4 aliphatic heterocycles. The van der Waals surface area contributed by atoms with Crippen molar-refractivity contribution in [2.24, 2.45) is 17.8 Å². The summed E-state index contributed by atoms with van der Waals surface area (Å²) >= 11 is 0. The molecular weight excluding hydrogens is 512 g/mol. The van der Waals surface area contributed by atoms with Crippen LogP contribution in [0.1, 0.15) is 39.2 Å². The lowest BCUT2D eigenvalue weighted by Crippen LogP contribution is -2.59. The van der Waals surface area contributed by atoms with Crippen LogP contribution >= 0.6 is 0 Å². The first kappa shape index (κ1) is 29.0. The summed E-state index contributed by atoms with van der Waals surface area (Å²) < 4.78 is 12.2. The van der Waals surface area contributed by atoms with E-state index in [0.29, 0.717) is 45.7 Å². The number of amides is 3. The van der Waals surface area contributed by atoms with Crippen molar-refractivity contribution in [1.29, 1.82) is 0 Å². The van der Waals surface area contributed by atoms with Crippen LogP contribution in [0.15, 0.2) is 30.3 Å². The second-order valence-corrected chi connectivity index (χ2v) is 12.0. The summed E-state index contributed by atoms with van der Waals surface area (Å²) in [5.41, 5.74) is -1.03. The SMILES string of the molecule is CCCNC(=O)[C@@H]1[C@H]2C(=O)N([C@@H](CO)Cc3ccccc3)C(C(=O)NCCN3CCOCC3)C23CC(C)[C@@]1(C)O3. The van der Waals surface area contributed by atoms with Gasteiger partial charge in [-0.1, -0.05) is 44.2 Å². The average Bonchev–Trinajstić information content (AvgIpc) is 3.48. The normalized spacial score (nSPS) is 34.1. The van der Waals surface area contributed by atoms with Crippen LogP contribution in [-0.2, 0) is 30.3 Å². The Balaban J connectivity index is 1.47. The Morgan fingerprint density at radius 1 is 1.12 bits per heavy atom. The maximum Gasteiger partial charge on any atom is 0.245 e. The summed E-state index contributed by atoms with van der Waals surface area (Å²) in [7, 11) is 0. The average molecular weight is 557 g/mol. The van der Waals surface area contributed by atoms with Crippen molar-refractivity contribution in [3.05, 3.63) is 35.9 Å². The van der Waals surface area contributed by atoms with Gasteiger partial charge in [-0.2, -0.15) is 0 Å². The summed E-state index contributed by atoms with van der Waals surface area (Å²) in [6.07, 6.45) is 1.67. The first-order valence-corrected chi connectivity index (χ1v) is 14.8. The third kappa shape index (κ3) is 4.93. The zero-order chi connectivity index (χ0) is 28.5. The van der Waals surface area contributed by atoms with E-state index in [1.165, 1.54) is 0 Å². The molecule has 3 amide bonds. The number of nitrogens with one attached hydrogen (secondary N) is 2. The molecule has 3 N–H and O–H groups in total. The van der Waals surface area contributed by atoms with Crippen LogP contribution in [0.5, 0.6) is 0 Å². The van der Waals surface area contributed by atoms with E-state index in [0.717, 1.165) is 25.1 Å². The zero-order valence-corrected chi connectivity index (χ0v) is 23.9. The highest BCUT2D eigenvalue weighted by atomic mass is 16.5. The van der Waals surface area contributed by atoms with E-state index in [-0.39, 0.29) is 30.2 Å². The molecule has 2 bridgehead atoms. The molecule has 1 aromatic carbocycles. The summed E-state index contributed by atoms with van der Waals surface area (Å²) in [4.78, 5) is 45.8. The summed E-state index contributed by atoms with van der Waals surface area (Å²) in [6, 6.07) is 8.08. The molecule has 1 spiro atoms. The lowest BCUT2D eigenvalue weighted by atomic mass is 9.62. The van der Waals surface area contributed by atoms with E-state index >= 15 is 0 Å². The minimum atomic E-state index is -1.13. The number of morpholine rings is 1. The van der Waals surface area contributed by atoms with Crippen LogP contribution in [0.25, 0.3) is 0 Å². The van der Waals surface area contributed by atoms with Gasteiger partial charge < -0.3 is 30.1 Å². The number of carbonyl (C=O) groups excluding carboxylic acids is 3. The molecule has 1 aromatic rings. The fourth-order valence-electron chi connectivity index (χ4n) is 7.52. The number of fused-ring (bicyclic) bond motifs is 1. The molecule has 4 aliphatic rings. The smallest absolute Gasteiger partial charge is 0.245 e. The van der Waals surface area contributed by atoms with Gasteiger partial charge >= 0.3 is 0 Å². The van der Waals surface area contributed by atoms with Gasteiger partial charge in [-0.3, -0.25) is 19.3 Å². The van der Waals surface area contributed by atoms with Crippen LogP contribution < -0.4 is 10.6 Å². The van der Waals surface area contributed by atoms with Crippen LogP contribution in [0, 0.1) is 17.8 Å². The van der Waals surface area contributed by atoms with E-state index in [1.807, 2.05) is 51.1 Å². The second kappa shape index (κ2) is 11.8. The first-order chi connectivity index (χ1) is 19.3. The Morgan fingerprint density at radius 2 is 1.82 bits per heavy atom. The predicted octanol–water partition coefficient (Wildman–Crippen LogP) is 0.575. The Labute approximate surface area is 236 Å². The molecule has 5 rings (SSSR count). The van der Waals surface area contributed by atoms with E-state index in [1.54, 1.807) is 4.90 Å². The van der Waals surface area contributed by atoms with Crippen molar-refractivity contribution in [2.75, 3.05) is 52.5 Å². The van der Waals surface area contributed by atoms with Crippen LogP contribution in [0.3, 0.4) is 0 Å². The fourth-order valence-corrected chi connectivity index (χ4v) is 7.52. The molecule has 4 fully saturated rings. The molecule has 4 heterocycles. The maximum absolute atomic E-state index is 14.4. The number of rotatable bonds is 11. The topological polar surface area (TPSA) is 120 Å². The van der Waals surface area contributed by atoms with Crippen molar-refractivity contribution >= 4 is 17.7 Å². The fraction of sp³-hybridized carbons (Fsp3) is 0.700. The predicted molar refractivity (Wildman–Crippen MR) is 148 cm³/mol. The Hall–Kier alpha value is -2.53. The molecule has 10 heteroatoms. The van der Waals surface area contributed by atoms with Gasteiger partial charge in [-0.15, -0.1) is 0 Å². The third-order valence-corrected chi connectivity index (χ3v) is 9.58. The van der Waals surface area contributed by atoms with E-state index in [2.05, 4.69) is 15.5 Å². The minimum absolute atomic E-state index is 0.0285. The van der Waals surface area contributed by atoms with Gasteiger partial charge in [0.05, 0.1) is 43.3 Å². The summed E-state index contributed by atoms with van der Waals surface area (Å²) in [6.45, 7) is 10.2. The van der Waals surface area contributed by atoms with E-state index in [9.17, 15) is 19.5 Å². The van der Waals surface area contributed by atoms with Crippen molar-refractivity contribution in [1.82, 2.24) is 20.4 Å². The van der Waals surface area contributed by atoms with Crippen molar-refractivity contribution < 1.29 is 29.0 Å². The highest BCUT2D eigenvalue weighted by Crippen LogP contribution is 2.65. The molecule has 0 aromatic heterocycles. The monoisotopic (exact) mass is 556 g/mol. The van der Waals surface area contributed by atoms with Crippen LogP contribution in [0.2, 0.25) is 0 Å². The lowest BCUT2D eigenvalue weighted by molar-refractivity contribution is -0.150. The molecule has 40 heavy (non-hydrogen) atoms. The quantitative estimate of drug-likeness (QED) is 0.365. The van der Waals surface area contributed by atoms with E-state index in [4.69, 9.17) is 9.47 Å². The second-order valence-electron chi connectivity index (χ2n) is 12.0. The zero-order valence-electron chi connectivity index (χ0n) is 23.9. The van der Waals surface area contributed by atoms with Gasteiger partial charge in [0.25, 0.3) is 0 Å². The molecular formula is C30H44N4O6. The molecule has 4 saturated heterocycles. The molecule has 0 aliphatic carbocycles. The number of aliphatic hydroxyl groups is 1. The number of hydrogen-bond acceptors (Lipinski definition) is 7. The van der Waals surface area contributed by atoms with Crippen LogP contribution in [0.4, 0.5) is 0 Å². The first-order valence-electron chi connectivity index (χ1n) is 14.8. The molecule has 3 unspecified atom stereocenters. The van der Waals surface area contributed by atoms with Crippen molar-refractivity contribution in [2.45, 2.75) is 63.3 Å². The maximum atomic E-state index is 14.4. The van der Waals surface area contributed by atoms with Gasteiger partial charge in [0.15, 0.2) is 0 Å². The summed E-state index contributed by atoms with van der Waals surface area (Å²) in [5.74, 6) is -2.30. The standard InChI is InChI=1S/C30H44N4O6/c1-4-10-31-26(36)23-24-28(38)34(22(19-35)17-21-8-6-5-7-9-21)25(30(24)18-20(2)29(23,3)40-30)27(37)32-11-12-33-13-15-39-16-14-33/h5-9,20,22-25,35H,4,10-19H2,1-3H3,(H,31,36)(H,32,37)/t20?,22-,23+,24+,25?,29-,30?/m1/s1. The number of carbonyl (C=O) groups is 3. The Morgan fingerprint density at radius 3 is 2.50 bits per heavy atom. The molecule has 0 saturated carbocycles. The van der Waals surface area contributed by atoms with Crippen molar-refractivity contribution in [3.63, 3.8) is 0 Å². The minimum Gasteiger partial charge on any atom is -0.394 e. The number of aliphatic hydroxyl groups excluding tert-OH is 1. The molecule has 10 nitrogen and oxygen atoms in total. The molecule has 7 atom stereocenters. The lowest BCUT2D eigenvalue weighted by Gasteiger charge is -2.37. The van der Waals surface area contributed by atoms with Crippen LogP contribution in [-0.4, -0.2) is 108 Å².